The number of rotatable bonds is 8. The van der Waals surface area contributed by atoms with Gasteiger partial charge in [0.2, 0.25) is 0 Å². The van der Waals surface area contributed by atoms with Gasteiger partial charge in [0.15, 0.2) is 5.78 Å². The maximum atomic E-state index is 11.6. The number of hydrogen-bond acceptors (Lipinski definition) is 15. The number of aliphatic hydroxyl groups is 1. The summed E-state index contributed by atoms with van der Waals surface area (Å²) in [6.45, 7) is 1.36. The van der Waals surface area contributed by atoms with Gasteiger partial charge in [-0.2, -0.15) is 5.26 Å². The van der Waals surface area contributed by atoms with E-state index in [4.69, 9.17) is 86.2 Å². The van der Waals surface area contributed by atoms with Gasteiger partial charge in [0.05, 0.1) is 70.2 Å². The SMILES string of the molecule is Clc1cc(Cl)ncn1.Clc1ncnc2c1C(C1CC1)=NC2.N#CC1(c2cccc(-c3ncnc4c3C(C3CC3)=NC4)c2)CC1.O=C(c1c(Cl)ncnc1Cl)C1CC1.OC(c1c(Cl)ncnc1Cl)C1CC1. The van der Waals surface area contributed by atoms with E-state index in [0.717, 1.165) is 83.6 Å². The van der Waals surface area contributed by atoms with Crippen LogP contribution >= 0.6 is 81.2 Å². The number of carbonyl (C=O) groups excluding carboxylic acids is 1. The van der Waals surface area contributed by atoms with E-state index in [1.807, 2.05) is 6.07 Å². The Morgan fingerprint density at radius 2 is 1.13 bits per heavy atom. The van der Waals surface area contributed by atoms with Crippen LogP contribution in [0.15, 0.2) is 72.0 Å². The smallest absolute Gasteiger partial charge is 0.172 e. The Labute approximate surface area is 437 Å². The van der Waals surface area contributed by atoms with Crippen LogP contribution in [0.5, 0.6) is 0 Å². The zero-order valence-electron chi connectivity index (χ0n) is 37.0. The molecule has 1 unspecified atom stereocenters. The maximum absolute atomic E-state index is 11.6. The first kappa shape index (κ1) is 50.1. The van der Waals surface area contributed by atoms with Crippen molar-refractivity contribution in [2.45, 2.75) is 88.8 Å². The minimum absolute atomic E-state index is 0.0319. The summed E-state index contributed by atoms with van der Waals surface area (Å²) in [4.78, 5) is 60.1. The van der Waals surface area contributed by atoms with Gasteiger partial charge < -0.3 is 5.11 Å². The highest BCUT2D eigenvalue weighted by atomic mass is 35.5. The summed E-state index contributed by atoms with van der Waals surface area (Å²) in [5.41, 5.74) is 10.2. The second kappa shape index (κ2) is 21.8. The van der Waals surface area contributed by atoms with Crippen LogP contribution in [0.25, 0.3) is 11.3 Å². The number of benzene rings is 1. The van der Waals surface area contributed by atoms with Gasteiger partial charge in [-0.25, -0.2) is 49.8 Å². The number of aromatic nitrogens is 10. The monoisotopic (exact) mass is 1080 g/mol. The number of nitriles is 1. The fraction of sp³-hybridized carbons (Fsp3) is 0.375. The molecule has 0 bridgehead atoms. The standard InChI is InChI=1S/C19H16N4.C9H8ClN3.C8H8Cl2N2O.C8H6Cl2N2O.C4H2Cl2N2/c20-10-19(6-7-19)14-3-1-2-13(8-14)18-16-15(22-11-23-18)9-21-17(16)12-4-5-12;10-9-7-6(12-4-13-9)3-11-8(7)5-1-2-5;2*9-7-5(6(13)4-1-2-4)8(10)12-3-11-7;5-3-1-4(6)8-2-7-3/h1-3,8,11-12H,4-7,9H2;4-5H,1-3H2;3-4,6,13H,1-2H2;3-4H,1-2H2;1-2H. The Morgan fingerprint density at radius 3 is 1.64 bits per heavy atom. The first-order chi connectivity index (χ1) is 33.9. The lowest BCUT2D eigenvalue weighted by Crippen LogP contribution is -2.07. The lowest BCUT2D eigenvalue weighted by Gasteiger charge is -2.12. The summed E-state index contributed by atoms with van der Waals surface area (Å²) in [7, 11) is 0. The second-order valence-corrected chi connectivity index (χ2v) is 20.1. The van der Waals surface area contributed by atoms with Crippen LogP contribution in [0, 0.1) is 35.0 Å². The molecule has 7 aliphatic rings. The molecule has 1 atom stereocenters. The minimum Gasteiger partial charge on any atom is -0.388 e. The van der Waals surface area contributed by atoms with Crippen LogP contribution in [0.2, 0.25) is 36.1 Å². The molecule has 5 aromatic heterocycles. The van der Waals surface area contributed by atoms with E-state index in [9.17, 15) is 15.2 Å². The van der Waals surface area contributed by atoms with Crippen molar-refractivity contribution in [3.8, 4) is 17.3 Å². The summed E-state index contributed by atoms with van der Waals surface area (Å²) in [5, 5.41) is 21.3. The van der Waals surface area contributed by atoms with E-state index >= 15 is 0 Å². The second-order valence-electron chi connectivity index (χ2n) is 17.5. The molecule has 0 radical (unpaired) electrons. The number of aliphatic hydroxyl groups excluding tert-OH is 1. The highest BCUT2D eigenvalue weighted by molar-refractivity contribution is 6.38. The van der Waals surface area contributed by atoms with Gasteiger partial charge in [0.25, 0.3) is 0 Å². The van der Waals surface area contributed by atoms with Gasteiger partial charge in [-0.05, 0) is 81.8 Å². The molecule has 2 aliphatic heterocycles. The minimum atomic E-state index is -0.610. The number of nitrogens with zero attached hydrogens (tertiary/aromatic N) is 13. The first-order valence-electron chi connectivity index (χ1n) is 22.5. The molecule has 0 spiro atoms. The fourth-order valence-corrected chi connectivity index (χ4v) is 9.51. The first-order valence-corrected chi connectivity index (χ1v) is 25.1. The summed E-state index contributed by atoms with van der Waals surface area (Å²) >= 11 is 39.9. The van der Waals surface area contributed by atoms with Crippen LogP contribution in [-0.4, -0.2) is 72.2 Å². The van der Waals surface area contributed by atoms with Crippen LogP contribution in [0.3, 0.4) is 0 Å². The largest absolute Gasteiger partial charge is 0.388 e. The van der Waals surface area contributed by atoms with Gasteiger partial charge >= 0.3 is 0 Å². The van der Waals surface area contributed by atoms with Crippen LogP contribution in [-0.2, 0) is 18.5 Å². The number of hydrogen-bond donors (Lipinski definition) is 1. The molecule has 1 N–H and O–H groups in total. The summed E-state index contributed by atoms with van der Waals surface area (Å²) in [6.07, 6.45) is 17.1. The molecular weight excluding hydrogens is 1040 g/mol. The van der Waals surface area contributed by atoms with E-state index < -0.39 is 6.10 Å². The van der Waals surface area contributed by atoms with Crippen molar-refractivity contribution >= 4 is 98.4 Å². The highest BCUT2D eigenvalue weighted by Crippen LogP contribution is 2.49. The molecule has 5 fully saturated rings. The predicted molar refractivity (Wildman–Crippen MR) is 268 cm³/mol. The number of halogens is 7. The van der Waals surface area contributed by atoms with Gasteiger partial charge in [-0.3, -0.25) is 14.8 Å². The normalized spacial score (nSPS) is 17.9. The molecule has 13 rings (SSSR count). The van der Waals surface area contributed by atoms with Crippen LogP contribution in [0.4, 0.5) is 0 Å². The number of carbonyl (C=O) groups is 1. The number of fused-ring (bicyclic) bond motifs is 2. The lowest BCUT2D eigenvalue weighted by molar-refractivity contribution is 0.0967. The number of aliphatic imine (C=N–C) groups is 2. The van der Waals surface area contributed by atoms with Crippen molar-refractivity contribution in [2.75, 3.05) is 0 Å². The van der Waals surface area contributed by atoms with Crippen molar-refractivity contribution in [2.24, 2.45) is 33.7 Å². The Balaban J connectivity index is 0.000000114. The van der Waals surface area contributed by atoms with E-state index in [-0.39, 0.29) is 49.2 Å². The molecule has 6 aromatic rings. The van der Waals surface area contributed by atoms with Gasteiger partial charge in [0.1, 0.15) is 67.7 Å². The number of ketones is 1. The topological polar surface area (TPSA) is 215 Å². The molecule has 5 saturated carbocycles. The Bertz CT molecular complexity index is 2990. The Hall–Kier alpha value is -4.89. The number of Topliss-reactive ketones (excluding diaryl/α,β-unsaturated/α-hetero) is 1. The van der Waals surface area contributed by atoms with Crippen molar-refractivity contribution in [3.63, 3.8) is 0 Å². The van der Waals surface area contributed by atoms with E-state index in [1.54, 1.807) is 6.33 Å². The Kier molecular flexibility index (Phi) is 15.6. The van der Waals surface area contributed by atoms with Crippen LogP contribution < -0.4 is 0 Å². The van der Waals surface area contributed by atoms with Crippen molar-refractivity contribution < 1.29 is 9.90 Å². The average Bonchev–Trinajstić information content (AvgIpc) is 4.12. The summed E-state index contributed by atoms with van der Waals surface area (Å²) in [6, 6.07) is 12.3. The fourth-order valence-electron chi connectivity index (χ4n) is 7.87. The zero-order chi connectivity index (χ0) is 49.1. The van der Waals surface area contributed by atoms with Gasteiger partial charge in [0, 0.05) is 40.7 Å². The van der Waals surface area contributed by atoms with E-state index in [0.29, 0.717) is 45.9 Å². The Morgan fingerprint density at radius 1 is 0.614 bits per heavy atom. The molecule has 1 aromatic carbocycles. The summed E-state index contributed by atoms with van der Waals surface area (Å²) < 4.78 is 0. The van der Waals surface area contributed by atoms with E-state index in [2.05, 4.69) is 79.1 Å². The lowest BCUT2D eigenvalue weighted by atomic mass is 9.93. The van der Waals surface area contributed by atoms with Gasteiger partial charge in [-0.1, -0.05) is 99.4 Å². The van der Waals surface area contributed by atoms with E-state index in [1.165, 1.54) is 62.8 Å². The molecule has 0 amide bonds. The molecule has 358 valence electrons. The molecule has 5 aliphatic carbocycles. The van der Waals surface area contributed by atoms with Crippen LogP contribution in [0.1, 0.15) is 114 Å². The maximum Gasteiger partial charge on any atom is 0.172 e. The van der Waals surface area contributed by atoms with Gasteiger partial charge in [-0.15, -0.1) is 0 Å². The highest BCUT2D eigenvalue weighted by Gasteiger charge is 2.45. The summed E-state index contributed by atoms with van der Waals surface area (Å²) in [5.74, 6) is 1.56. The van der Waals surface area contributed by atoms with Crippen molar-refractivity contribution in [1.82, 2.24) is 49.8 Å². The zero-order valence-corrected chi connectivity index (χ0v) is 42.3. The molecule has 0 saturated heterocycles. The molecule has 70 heavy (non-hydrogen) atoms. The van der Waals surface area contributed by atoms with Crippen molar-refractivity contribution in [3.05, 3.63) is 137 Å². The quantitative estimate of drug-likeness (QED) is 0.111. The molecular formula is C48H40Cl7N13O2. The third-order valence-corrected chi connectivity index (χ3v) is 14.3. The van der Waals surface area contributed by atoms with Crippen molar-refractivity contribution in [1.29, 1.82) is 5.26 Å². The molecule has 15 nitrogen and oxygen atoms in total. The average molecular weight is 1080 g/mol. The molecule has 7 heterocycles. The predicted octanol–water partition coefficient (Wildman–Crippen LogP) is 11.6. The molecule has 22 heteroatoms. The third-order valence-electron chi connectivity index (χ3n) is 12.4. The third kappa shape index (κ3) is 11.9.